The average molecular weight is 273 g/mol. The minimum Gasteiger partial charge on any atom is -0.366 e. The summed E-state index contributed by atoms with van der Waals surface area (Å²) in [4.78, 5) is -0.364. The SMILES string of the molecule is [2H]c1nn(C([2H])([2H])[2H])c(C([2H])(OCC([2H])([2H])N(C([2H])([2H])[2H])C([2H])([2H])[2H])c2ccccc2)c1[2H]. The average Bonchev–Trinajstić information content (AvgIpc) is 2.93. The summed E-state index contributed by atoms with van der Waals surface area (Å²) in [5, 5.41) is 3.48. The summed E-state index contributed by atoms with van der Waals surface area (Å²) < 4.78 is 114. The maximum atomic E-state index is 8.91. The standard InChI is InChI=1S/C15H21N3O/c1-17(2)11-12-19-15(13-7-5-4-6-8-13)14-9-10-16-18(14)3/h4-10,15H,11-12H2,1-3H3/i1D3,2D3,3D3,9D,10D,11D2,15D. The first kappa shape index (κ1) is 4.43. The van der Waals surface area contributed by atoms with E-state index in [0.717, 1.165) is 0 Å². The zero-order valence-corrected chi connectivity index (χ0v) is 9.84. The summed E-state index contributed by atoms with van der Waals surface area (Å²) in [6.45, 7) is -14.4. The van der Waals surface area contributed by atoms with Crippen LogP contribution in [0.2, 0.25) is 0 Å². The fourth-order valence-corrected chi connectivity index (χ4v) is 1.43. The molecule has 0 aliphatic rings. The second kappa shape index (κ2) is 6.50. The quantitative estimate of drug-likeness (QED) is 0.807. The van der Waals surface area contributed by atoms with Crippen LogP contribution in [0.25, 0.3) is 0 Å². The van der Waals surface area contributed by atoms with Gasteiger partial charge in [0.1, 0.15) is 6.08 Å². The Morgan fingerprint density at radius 3 is 3.11 bits per heavy atom. The van der Waals surface area contributed by atoms with Crippen molar-refractivity contribution in [2.24, 2.45) is 6.98 Å². The first-order valence-corrected chi connectivity index (χ1v) is 5.30. The van der Waals surface area contributed by atoms with Gasteiger partial charge in [0.15, 0.2) is 0 Å². The number of ether oxygens (including phenoxy) is 1. The maximum Gasteiger partial charge on any atom is 0.124 e. The van der Waals surface area contributed by atoms with E-state index in [1.807, 2.05) is 0 Å². The van der Waals surface area contributed by atoms with Crippen molar-refractivity contribution in [3.63, 3.8) is 0 Å². The second-order valence-corrected chi connectivity index (χ2v) is 3.47. The molecule has 102 valence electrons. The highest BCUT2D eigenvalue weighted by Gasteiger charge is 2.17. The van der Waals surface area contributed by atoms with E-state index in [1.54, 1.807) is 6.07 Å². The van der Waals surface area contributed by atoms with Crippen LogP contribution >= 0.6 is 0 Å². The molecule has 0 bridgehead atoms. The Balaban J connectivity index is 2.66. The molecule has 0 aliphatic carbocycles. The number of hydrogen-bond donors (Lipinski definition) is 0. The number of benzene rings is 1. The van der Waals surface area contributed by atoms with Gasteiger partial charge in [-0.05, 0) is 25.6 Å². The van der Waals surface area contributed by atoms with E-state index in [4.69, 9.17) is 23.9 Å². The molecule has 1 heterocycles. The molecule has 0 saturated heterocycles. The van der Waals surface area contributed by atoms with Gasteiger partial charge in [-0.3, -0.25) is 4.68 Å². The third-order valence-corrected chi connectivity index (χ3v) is 2.23. The van der Waals surface area contributed by atoms with Crippen LogP contribution in [-0.2, 0) is 11.7 Å². The van der Waals surface area contributed by atoms with Crippen molar-refractivity contribution in [2.75, 3.05) is 27.1 Å². The van der Waals surface area contributed by atoms with E-state index in [1.165, 1.54) is 24.3 Å². The number of rotatable bonds is 6. The van der Waals surface area contributed by atoms with Gasteiger partial charge in [0.25, 0.3) is 0 Å². The van der Waals surface area contributed by atoms with Crippen LogP contribution in [0.3, 0.4) is 0 Å². The molecule has 2 aromatic rings. The van der Waals surface area contributed by atoms with Gasteiger partial charge in [-0.15, -0.1) is 0 Å². The molecule has 4 nitrogen and oxygen atoms in total. The van der Waals surface area contributed by atoms with Crippen molar-refractivity contribution in [3.05, 3.63) is 53.8 Å². The van der Waals surface area contributed by atoms with Crippen molar-refractivity contribution >= 4 is 0 Å². The van der Waals surface area contributed by atoms with Crippen LogP contribution in [0.15, 0.2) is 42.5 Å². The van der Waals surface area contributed by atoms with Crippen molar-refractivity contribution in [1.29, 1.82) is 0 Å². The largest absolute Gasteiger partial charge is 0.366 e. The third-order valence-electron chi connectivity index (χ3n) is 2.23. The van der Waals surface area contributed by atoms with Crippen LogP contribution in [0, 0.1) is 0 Å². The van der Waals surface area contributed by atoms with Crippen LogP contribution in [-0.4, -0.2) is 41.7 Å². The summed E-state index contributed by atoms with van der Waals surface area (Å²) >= 11 is 0. The van der Waals surface area contributed by atoms with Crippen molar-refractivity contribution in [1.82, 2.24) is 14.7 Å². The van der Waals surface area contributed by atoms with Crippen molar-refractivity contribution in [3.8, 4) is 0 Å². The van der Waals surface area contributed by atoms with E-state index in [-0.39, 0.29) is 15.1 Å². The molecule has 0 amide bonds. The van der Waals surface area contributed by atoms with Gasteiger partial charge in [-0.2, -0.15) is 5.10 Å². The molecule has 1 atom stereocenters. The first-order valence-electron chi connectivity index (χ1n) is 12.3. The van der Waals surface area contributed by atoms with Gasteiger partial charge in [-0.25, -0.2) is 0 Å². The fraction of sp³-hybridized carbons (Fsp3) is 0.400. The summed E-state index contributed by atoms with van der Waals surface area (Å²) in [7, 11) is 0. The van der Waals surface area contributed by atoms with Gasteiger partial charge in [0.05, 0.1) is 16.4 Å². The Morgan fingerprint density at radius 2 is 2.37 bits per heavy atom. The first-order chi connectivity index (χ1) is 14.7. The van der Waals surface area contributed by atoms with E-state index >= 15 is 0 Å². The molecular formula is C15H21N3O. The summed E-state index contributed by atoms with van der Waals surface area (Å²) in [5.41, 5.74) is -0.821. The van der Waals surface area contributed by atoms with Gasteiger partial charge in [-0.1, -0.05) is 30.3 Å². The number of aromatic nitrogens is 2. The maximum absolute atomic E-state index is 8.91. The molecule has 19 heavy (non-hydrogen) atoms. The van der Waals surface area contributed by atoms with E-state index in [2.05, 4.69) is 5.10 Å². The Kier molecular flexibility index (Phi) is 1.52. The van der Waals surface area contributed by atoms with Crippen LogP contribution < -0.4 is 0 Å². The molecule has 1 aromatic heterocycles. The highest BCUT2D eigenvalue weighted by molar-refractivity contribution is 5.25. The molecule has 2 rings (SSSR count). The molecule has 1 unspecified atom stereocenters. The zero-order chi connectivity index (χ0) is 25.6. The summed E-state index contributed by atoms with van der Waals surface area (Å²) in [6, 6.07) is 6.31. The molecule has 0 saturated carbocycles. The Hall–Kier alpha value is -1.65. The smallest absolute Gasteiger partial charge is 0.124 e. The molecule has 0 radical (unpaired) electrons. The fourth-order valence-electron chi connectivity index (χ4n) is 1.43. The third kappa shape index (κ3) is 3.66. The Labute approximate surface area is 134 Å². The molecule has 0 N–H and O–H groups in total. The summed E-state index contributed by atoms with van der Waals surface area (Å²) in [6.07, 6.45) is -3.45. The predicted molar refractivity (Wildman–Crippen MR) is 76.0 cm³/mol. The van der Waals surface area contributed by atoms with E-state index < -0.39 is 58.0 Å². The number of hydrogen-bond acceptors (Lipinski definition) is 3. The number of aryl methyl sites for hydroxylation is 1. The highest BCUT2D eigenvalue weighted by Crippen LogP contribution is 2.25. The lowest BCUT2D eigenvalue weighted by Crippen LogP contribution is -2.20. The number of nitrogens with zero attached hydrogens (tertiary/aromatic N) is 3. The predicted octanol–water partition coefficient (Wildman–Crippen LogP) is 2.09. The molecule has 4 heteroatoms. The van der Waals surface area contributed by atoms with Crippen LogP contribution in [0.4, 0.5) is 0 Å². The minimum absolute atomic E-state index is 0.0889. The number of likely N-dealkylation sites (N-methyl/N-ethyl adjacent to an activating group) is 1. The van der Waals surface area contributed by atoms with Gasteiger partial charge in [0.2, 0.25) is 0 Å². The molecule has 0 aliphatic heterocycles. The molecule has 0 fully saturated rings. The lowest BCUT2D eigenvalue weighted by molar-refractivity contribution is 0.0638. The molecule has 0 spiro atoms. The van der Waals surface area contributed by atoms with E-state index in [0.29, 0.717) is 0 Å². The lowest BCUT2D eigenvalue weighted by atomic mass is 10.1. The van der Waals surface area contributed by atoms with Crippen LogP contribution in [0.1, 0.15) is 36.5 Å². The van der Waals surface area contributed by atoms with Crippen molar-refractivity contribution in [2.45, 2.75) is 6.08 Å². The lowest BCUT2D eigenvalue weighted by Gasteiger charge is -2.20. The van der Waals surface area contributed by atoms with E-state index in [9.17, 15) is 0 Å². The summed E-state index contributed by atoms with van der Waals surface area (Å²) in [5.74, 6) is 0. The van der Waals surface area contributed by atoms with Gasteiger partial charge >= 0.3 is 0 Å². The second-order valence-electron chi connectivity index (χ2n) is 3.47. The zero-order valence-electron chi connectivity index (χ0n) is 23.8. The topological polar surface area (TPSA) is 30.3 Å². The van der Waals surface area contributed by atoms with Gasteiger partial charge < -0.3 is 9.64 Å². The van der Waals surface area contributed by atoms with Crippen LogP contribution in [0.5, 0.6) is 0 Å². The highest BCUT2D eigenvalue weighted by atomic mass is 16.5. The normalized spacial score (nSPS) is 28.1. The Bertz CT molecular complexity index is 951. The molecular weight excluding hydrogens is 238 g/mol. The molecule has 1 aromatic carbocycles. The van der Waals surface area contributed by atoms with Crippen molar-refractivity contribution < 1.29 is 23.9 Å². The minimum atomic E-state index is -3.41. The van der Waals surface area contributed by atoms with Gasteiger partial charge in [0, 0.05) is 34.7 Å². The Morgan fingerprint density at radius 1 is 1.53 bits per heavy atom. The monoisotopic (exact) mass is 273 g/mol.